The van der Waals surface area contributed by atoms with Crippen molar-refractivity contribution in [1.82, 2.24) is 9.97 Å². The molecule has 0 fully saturated rings. The Labute approximate surface area is 116 Å². The molecular weight excluding hydrogens is 321 g/mol. The van der Waals surface area contributed by atoms with E-state index in [1.807, 2.05) is 0 Å². The van der Waals surface area contributed by atoms with Gasteiger partial charge in [-0.15, -0.1) is 0 Å². The third kappa shape index (κ3) is 2.96. The molecule has 92 valence electrons. The average molecular weight is 329 g/mol. The highest BCUT2D eigenvalue weighted by Gasteiger charge is 2.06. The monoisotopic (exact) mass is 327 g/mol. The lowest BCUT2D eigenvalue weighted by molar-refractivity contribution is 0.0690. The molecule has 18 heavy (non-hydrogen) atoms. The normalized spacial score (nSPS) is 10.1. The summed E-state index contributed by atoms with van der Waals surface area (Å²) in [6, 6.07) is 5.22. The highest BCUT2D eigenvalue weighted by Crippen LogP contribution is 2.26. The van der Waals surface area contributed by atoms with E-state index < -0.39 is 5.97 Å². The molecule has 0 spiro atoms. The van der Waals surface area contributed by atoms with Crippen LogP contribution in [-0.4, -0.2) is 21.0 Å². The summed E-state index contributed by atoms with van der Waals surface area (Å²) in [7, 11) is 0. The SMILES string of the molecule is O=C(O)c1cncc(Nc2ccc(Cl)c(Br)c2)n1. The van der Waals surface area contributed by atoms with Crippen molar-refractivity contribution < 1.29 is 9.90 Å². The molecule has 0 aliphatic heterocycles. The Morgan fingerprint density at radius 3 is 2.83 bits per heavy atom. The molecule has 0 aliphatic carbocycles. The molecule has 1 aromatic carbocycles. The second kappa shape index (κ2) is 5.32. The van der Waals surface area contributed by atoms with E-state index in [2.05, 4.69) is 31.2 Å². The molecule has 1 aromatic heterocycles. The largest absolute Gasteiger partial charge is 0.476 e. The van der Waals surface area contributed by atoms with Gasteiger partial charge in [-0.25, -0.2) is 9.78 Å². The fourth-order valence-corrected chi connectivity index (χ4v) is 1.75. The third-order valence-corrected chi connectivity index (χ3v) is 3.26. The summed E-state index contributed by atoms with van der Waals surface area (Å²) in [6.45, 7) is 0. The number of benzene rings is 1. The molecule has 1 heterocycles. The highest BCUT2D eigenvalue weighted by molar-refractivity contribution is 9.10. The number of halogens is 2. The molecule has 7 heteroatoms. The average Bonchev–Trinajstić information content (AvgIpc) is 2.34. The summed E-state index contributed by atoms with van der Waals surface area (Å²) in [6.07, 6.45) is 2.63. The van der Waals surface area contributed by atoms with Crippen LogP contribution in [-0.2, 0) is 0 Å². The van der Waals surface area contributed by atoms with Crippen LogP contribution in [0.1, 0.15) is 10.5 Å². The molecule has 2 N–H and O–H groups in total. The lowest BCUT2D eigenvalue weighted by Crippen LogP contribution is -2.03. The number of hydrogen-bond acceptors (Lipinski definition) is 4. The number of hydrogen-bond donors (Lipinski definition) is 2. The maximum atomic E-state index is 10.7. The summed E-state index contributed by atoms with van der Waals surface area (Å²) < 4.78 is 0.733. The van der Waals surface area contributed by atoms with E-state index in [1.165, 1.54) is 12.4 Å². The Hall–Kier alpha value is -1.66. The summed E-state index contributed by atoms with van der Waals surface area (Å²) >= 11 is 9.17. The molecule has 0 amide bonds. The first-order chi connectivity index (χ1) is 8.56. The van der Waals surface area contributed by atoms with Crippen LogP contribution in [0.3, 0.4) is 0 Å². The Morgan fingerprint density at radius 1 is 1.39 bits per heavy atom. The molecule has 5 nitrogen and oxygen atoms in total. The zero-order chi connectivity index (χ0) is 13.1. The van der Waals surface area contributed by atoms with Crippen molar-refractivity contribution in [3.05, 3.63) is 45.8 Å². The van der Waals surface area contributed by atoms with E-state index in [4.69, 9.17) is 16.7 Å². The predicted octanol–water partition coefficient (Wildman–Crippen LogP) is 3.33. The fourth-order valence-electron chi connectivity index (χ4n) is 1.25. The van der Waals surface area contributed by atoms with Gasteiger partial charge in [0.25, 0.3) is 0 Å². The summed E-state index contributed by atoms with van der Waals surface area (Å²) in [4.78, 5) is 18.4. The molecular formula is C11H7BrClN3O2. The van der Waals surface area contributed by atoms with Crippen LogP contribution in [0.5, 0.6) is 0 Å². The molecule has 2 aromatic rings. The lowest BCUT2D eigenvalue weighted by Gasteiger charge is -2.06. The first kappa shape index (κ1) is 12.8. The Kier molecular flexibility index (Phi) is 3.78. The van der Waals surface area contributed by atoms with Crippen LogP contribution in [0.25, 0.3) is 0 Å². The van der Waals surface area contributed by atoms with Gasteiger partial charge in [0.1, 0.15) is 5.82 Å². The van der Waals surface area contributed by atoms with E-state index in [0.717, 1.165) is 10.2 Å². The van der Waals surface area contributed by atoms with Gasteiger partial charge >= 0.3 is 5.97 Å². The van der Waals surface area contributed by atoms with Crippen molar-refractivity contribution in [1.29, 1.82) is 0 Å². The standard InChI is InChI=1S/C11H7BrClN3O2/c12-7-3-6(1-2-8(7)13)15-10-5-14-4-9(16-10)11(17)18/h1-5H,(H,15,16)(H,17,18). The summed E-state index contributed by atoms with van der Waals surface area (Å²) in [5, 5.41) is 12.3. The number of nitrogens with zero attached hydrogens (tertiary/aromatic N) is 2. The van der Waals surface area contributed by atoms with Gasteiger partial charge in [-0.2, -0.15) is 0 Å². The van der Waals surface area contributed by atoms with Gasteiger partial charge in [-0.1, -0.05) is 11.6 Å². The fraction of sp³-hybridized carbons (Fsp3) is 0. The Bertz CT molecular complexity index is 607. The molecule has 0 bridgehead atoms. The van der Waals surface area contributed by atoms with E-state index in [9.17, 15) is 4.79 Å². The van der Waals surface area contributed by atoms with Crippen molar-refractivity contribution in [2.45, 2.75) is 0 Å². The van der Waals surface area contributed by atoms with E-state index >= 15 is 0 Å². The smallest absolute Gasteiger partial charge is 0.356 e. The number of carbonyl (C=O) groups is 1. The molecule has 0 atom stereocenters. The van der Waals surface area contributed by atoms with Crippen molar-refractivity contribution >= 4 is 45.0 Å². The van der Waals surface area contributed by atoms with Gasteiger partial charge in [0.05, 0.1) is 17.4 Å². The zero-order valence-electron chi connectivity index (χ0n) is 8.89. The minimum Gasteiger partial charge on any atom is -0.476 e. The van der Waals surface area contributed by atoms with E-state index in [0.29, 0.717) is 10.8 Å². The quantitative estimate of drug-likeness (QED) is 0.904. The summed E-state index contributed by atoms with van der Waals surface area (Å²) in [5.41, 5.74) is 0.608. The molecule has 0 radical (unpaired) electrons. The van der Waals surface area contributed by atoms with Crippen LogP contribution in [0, 0.1) is 0 Å². The first-order valence-corrected chi connectivity index (χ1v) is 6.01. The number of nitrogens with one attached hydrogen (secondary N) is 1. The molecule has 0 aliphatic rings. The predicted molar refractivity (Wildman–Crippen MR) is 71.4 cm³/mol. The Balaban J connectivity index is 2.25. The number of anilines is 2. The number of carboxylic acid groups (broad SMARTS) is 1. The van der Waals surface area contributed by atoms with Crippen LogP contribution in [0.2, 0.25) is 5.02 Å². The Morgan fingerprint density at radius 2 is 2.17 bits per heavy atom. The first-order valence-electron chi connectivity index (χ1n) is 4.83. The van der Waals surface area contributed by atoms with Gasteiger partial charge in [-0.05, 0) is 34.1 Å². The zero-order valence-corrected chi connectivity index (χ0v) is 11.2. The molecule has 2 rings (SSSR count). The molecule has 0 saturated carbocycles. The summed E-state index contributed by atoms with van der Waals surface area (Å²) in [5.74, 6) is -0.771. The van der Waals surface area contributed by atoms with Gasteiger partial charge in [0.2, 0.25) is 0 Å². The van der Waals surface area contributed by atoms with Gasteiger partial charge in [0.15, 0.2) is 5.69 Å². The van der Waals surface area contributed by atoms with Crippen molar-refractivity contribution in [3.63, 3.8) is 0 Å². The van der Waals surface area contributed by atoms with Crippen LogP contribution in [0.4, 0.5) is 11.5 Å². The van der Waals surface area contributed by atoms with Crippen molar-refractivity contribution in [2.75, 3.05) is 5.32 Å². The minimum absolute atomic E-state index is 0.118. The van der Waals surface area contributed by atoms with Gasteiger partial charge < -0.3 is 10.4 Å². The van der Waals surface area contributed by atoms with Crippen molar-refractivity contribution in [2.24, 2.45) is 0 Å². The topological polar surface area (TPSA) is 75.1 Å². The maximum absolute atomic E-state index is 10.7. The number of carboxylic acids is 1. The second-order valence-electron chi connectivity index (χ2n) is 3.35. The molecule has 0 unspecified atom stereocenters. The maximum Gasteiger partial charge on any atom is 0.356 e. The van der Waals surface area contributed by atoms with Crippen LogP contribution < -0.4 is 5.32 Å². The van der Waals surface area contributed by atoms with E-state index in [1.54, 1.807) is 18.2 Å². The van der Waals surface area contributed by atoms with E-state index in [-0.39, 0.29) is 5.69 Å². The highest BCUT2D eigenvalue weighted by atomic mass is 79.9. The second-order valence-corrected chi connectivity index (χ2v) is 4.61. The van der Waals surface area contributed by atoms with Gasteiger partial charge in [0, 0.05) is 10.2 Å². The number of rotatable bonds is 3. The van der Waals surface area contributed by atoms with Gasteiger partial charge in [-0.3, -0.25) is 4.98 Å². The number of aromatic nitrogens is 2. The number of aromatic carboxylic acids is 1. The lowest BCUT2D eigenvalue weighted by atomic mass is 10.3. The molecule has 0 saturated heterocycles. The van der Waals surface area contributed by atoms with Crippen LogP contribution >= 0.6 is 27.5 Å². The minimum atomic E-state index is -1.12. The third-order valence-electron chi connectivity index (χ3n) is 2.05. The van der Waals surface area contributed by atoms with Crippen LogP contribution in [0.15, 0.2) is 35.1 Å². The van der Waals surface area contributed by atoms with Crippen molar-refractivity contribution in [3.8, 4) is 0 Å².